The summed E-state index contributed by atoms with van der Waals surface area (Å²) < 4.78 is 0. The second-order valence-electron chi connectivity index (χ2n) is 0. The third-order valence-electron chi connectivity index (χ3n) is 0. The van der Waals surface area contributed by atoms with E-state index in [9.17, 15) is 0 Å². The van der Waals surface area contributed by atoms with Crippen LogP contribution in [0.2, 0.25) is 0 Å². The largest absolute Gasteiger partial charge is 3.00 e. The van der Waals surface area contributed by atoms with Gasteiger partial charge in [-0.2, -0.15) is 0 Å². The van der Waals surface area contributed by atoms with Crippen LogP contribution in [0.5, 0.6) is 0 Å². The summed E-state index contributed by atoms with van der Waals surface area (Å²) in [6.07, 6.45) is 0. The van der Waals surface area contributed by atoms with Crippen molar-refractivity contribution in [2.75, 3.05) is 0 Å². The molecule has 4 nitrogen and oxygen atoms in total. The fraction of sp³-hybridized carbons (Fsp3) is 0. The van der Waals surface area contributed by atoms with Crippen LogP contribution in [-0.2, 0) is 21.7 Å². The van der Waals surface area contributed by atoms with Crippen molar-refractivity contribution < 1.29 is 79.2 Å². The van der Waals surface area contributed by atoms with Gasteiger partial charge in [0.05, 0.1) is 0 Å². The maximum absolute atomic E-state index is 0. The van der Waals surface area contributed by atoms with Gasteiger partial charge in [-0.15, -0.1) is 0 Å². The molecule has 0 rings (SSSR count). The first-order valence-corrected chi connectivity index (χ1v) is 0. The van der Waals surface area contributed by atoms with Crippen LogP contribution in [-0.4, -0.2) is 72.3 Å². The summed E-state index contributed by atoms with van der Waals surface area (Å²) in [5.74, 6) is 0. The first-order chi connectivity index (χ1) is 0. The van der Waals surface area contributed by atoms with E-state index in [1.807, 2.05) is 0 Å². The van der Waals surface area contributed by atoms with Crippen LogP contribution in [0.25, 0.3) is 0 Å². The Morgan fingerprint density at radius 1 is 0.625 bits per heavy atom. The maximum Gasteiger partial charge on any atom is 3.00 e. The Balaban J connectivity index is 0. The zero-order valence-electron chi connectivity index (χ0n) is 4.07. The molecule has 0 amide bonds. The van der Waals surface area contributed by atoms with E-state index < -0.39 is 0 Å². The van der Waals surface area contributed by atoms with Crippen LogP contribution in [0.3, 0.4) is 0 Å². The van der Waals surface area contributed by atoms with Crippen LogP contribution in [0, 0.1) is 35.6 Å². The molecule has 0 aliphatic carbocycles. The molecule has 4 radical (unpaired) electrons. The molecule has 0 atom stereocenters. The summed E-state index contributed by atoms with van der Waals surface area (Å²) in [7, 11) is 0. The van der Waals surface area contributed by atoms with Crippen molar-refractivity contribution in [2.24, 2.45) is 0 Å². The van der Waals surface area contributed by atoms with Crippen molar-refractivity contribution in [3.8, 4) is 0 Å². The Bertz CT molecular complexity index is 16.0. The maximum atomic E-state index is 0. The third kappa shape index (κ3) is 56.9. The molecule has 0 saturated heterocycles. The zero-order valence-corrected chi connectivity index (χ0v) is 14.6. The van der Waals surface area contributed by atoms with Crippen molar-refractivity contribution in [1.82, 2.24) is 0 Å². The van der Waals surface area contributed by atoms with Gasteiger partial charge in [0.25, 0.3) is 0 Å². The molecule has 0 bridgehead atoms. The number of rotatable bonds is 0. The third-order valence-corrected chi connectivity index (χ3v) is 0. The minimum Gasteiger partial charge on any atom is -0.870 e. The van der Waals surface area contributed by atoms with Crippen molar-refractivity contribution >= 4 is 50.4 Å². The van der Waals surface area contributed by atoms with Gasteiger partial charge in [0, 0.05) is 49.0 Å². The van der Waals surface area contributed by atoms with E-state index in [0.29, 0.717) is 0 Å². The molecule has 0 unspecified atom stereocenters. The van der Waals surface area contributed by atoms with Gasteiger partial charge < -0.3 is 21.9 Å². The van der Waals surface area contributed by atoms with Gasteiger partial charge in [-0.25, -0.2) is 0 Å². The predicted molar refractivity (Wildman–Crippen MR) is 19.3 cm³/mol. The van der Waals surface area contributed by atoms with Gasteiger partial charge in [0.15, 0.2) is 0 Å². The van der Waals surface area contributed by atoms with Gasteiger partial charge in [-0.3, -0.25) is 0 Å². The van der Waals surface area contributed by atoms with Crippen LogP contribution >= 0.6 is 0 Å². The van der Waals surface area contributed by atoms with E-state index in [1.54, 1.807) is 0 Å². The molecule has 8 heteroatoms. The Kier molecular flexibility index (Phi) is 1040. The zero-order chi connectivity index (χ0) is 0. The van der Waals surface area contributed by atoms with Crippen LogP contribution in [0.4, 0.5) is 0 Å². The quantitative estimate of drug-likeness (QED) is 0.389. The molecule has 0 heterocycles. The first kappa shape index (κ1) is 105. The fourth-order valence-corrected chi connectivity index (χ4v) is 0. The summed E-state index contributed by atoms with van der Waals surface area (Å²) in [6, 6.07) is 0. The molecule has 0 spiro atoms. The monoisotopic (exact) mass is 487 g/mol. The topological polar surface area (TPSA) is 120 Å². The Hall–Kier alpha value is 3.44. The van der Waals surface area contributed by atoms with E-state index >= 15 is 0 Å². The molecule has 8 heavy (non-hydrogen) atoms. The van der Waals surface area contributed by atoms with E-state index in [4.69, 9.17) is 0 Å². The van der Waals surface area contributed by atoms with Crippen LogP contribution in [0.15, 0.2) is 0 Å². The minimum atomic E-state index is 0. The molecule has 0 aromatic heterocycles. The summed E-state index contributed by atoms with van der Waals surface area (Å²) in [5.41, 5.74) is 0. The smallest absolute Gasteiger partial charge is 0.870 e. The summed E-state index contributed by atoms with van der Waals surface area (Å²) >= 11 is 0. The Morgan fingerprint density at radius 2 is 0.625 bits per heavy atom. The van der Waals surface area contributed by atoms with Crippen molar-refractivity contribution in [2.45, 2.75) is 0 Å². The Labute approximate surface area is 127 Å². The van der Waals surface area contributed by atoms with Gasteiger partial charge in [0.2, 0.25) is 0 Å². The normalized spacial score (nSPS) is 0. The average molecular weight is 486 g/mol. The van der Waals surface area contributed by atoms with Crippen molar-refractivity contribution in [1.29, 1.82) is 0 Å². The van der Waals surface area contributed by atoms with Crippen molar-refractivity contribution in [3.63, 3.8) is 0 Å². The standard InChI is InChI=1S/La.Mg.4H2O.Pb.Ti/h;;4*1H2;;/q+3;+2;;;;;;/p-4. The van der Waals surface area contributed by atoms with E-state index in [0.717, 1.165) is 0 Å². The Morgan fingerprint density at radius 3 is 0.625 bits per heavy atom. The second kappa shape index (κ2) is 78.7. The molecular weight excluding hydrogens is 482 g/mol. The first-order valence-electron chi connectivity index (χ1n) is 0. The summed E-state index contributed by atoms with van der Waals surface area (Å²) in [4.78, 5) is 0. The SMILES string of the molecule is [La+3].[Mg+2].[OH-].[OH-].[OH-].[OH-].[Pb].[Ti]. The molecule has 0 aliphatic rings. The molecule has 0 aromatic carbocycles. The van der Waals surface area contributed by atoms with Crippen LogP contribution in [0.1, 0.15) is 0 Å². The minimum absolute atomic E-state index is 0. The van der Waals surface area contributed by atoms with Gasteiger partial charge >= 0.3 is 58.7 Å². The van der Waals surface area contributed by atoms with E-state index in [-0.39, 0.29) is 130 Å². The van der Waals surface area contributed by atoms with E-state index in [1.165, 1.54) is 0 Å². The molecule has 0 aromatic rings. The van der Waals surface area contributed by atoms with E-state index in [2.05, 4.69) is 0 Å². The predicted octanol–water partition coefficient (Wildman–Crippen LogP) is -1.47. The number of hydrogen-bond acceptors (Lipinski definition) is 4. The van der Waals surface area contributed by atoms with Gasteiger partial charge in [-0.1, -0.05) is 0 Å². The molecule has 0 saturated carbocycles. The van der Waals surface area contributed by atoms with Gasteiger partial charge in [0.1, 0.15) is 0 Å². The second-order valence-corrected chi connectivity index (χ2v) is 0. The summed E-state index contributed by atoms with van der Waals surface area (Å²) in [5, 5.41) is 0. The van der Waals surface area contributed by atoms with Gasteiger partial charge in [-0.05, 0) is 0 Å². The van der Waals surface area contributed by atoms with Crippen LogP contribution < -0.4 is 0 Å². The number of hydrogen-bond donors (Lipinski definition) is 0. The fourth-order valence-electron chi connectivity index (χ4n) is 0. The molecule has 0 fully saturated rings. The molecule has 4 N–H and O–H groups in total. The van der Waals surface area contributed by atoms with Crippen molar-refractivity contribution in [3.05, 3.63) is 0 Å². The molecule has 0 aliphatic heterocycles. The molecule has 40 valence electrons. The average Bonchev–Trinajstić information content (AvgIpc) is 0. The summed E-state index contributed by atoms with van der Waals surface area (Å²) in [6.45, 7) is 0. The molecular formula is H4LaMgO4PbTi+.